The van der Waals surface area contributed by atoms with Crippen LogP contribution >= 0.6 is 0 Å². The van der Waals surface area contributed by atoms with Crippen LogP contribution in [0.3, 0.4) is 0 Å². The summed E-state index contributed by atoms with van der Waals surface area (Å²) >= 11 is 0. The van der Waals surface area contributed by atoms with E-state index in [9.17, 15) is 4.79 Å². The molecular formula is C19H22N2O2. The van der Waals surface area contributed by atoms with Crippen LogP contribution in [-0.2, 0) is 6.54 Å². The van der Waals surface area contributed by atoms with E-state index in [0.717, 1.165) is 35.7 Å². The fraction of sp³-hybridized carbons (Fsp3) is 0.316. The maximum atomic E-state index is 12.6. The van der Waals surface area contributed by atoms with Gasteiger partial charge in [0, 0.05) is 25.3 Å². The van der Waals surface area contributed by atoms with Crippen LogP contribution in [0, 0.1) is 0 Å². The van der Waals surface area contributed by atoms with E-state index in [1.54, 1.807) is 7.11 Å². The smallest absolute Gasteiger partial charge is 0.253 e. The summed E-state index contributed by atoms with van der Waals surface area (Å²) in [5, 5.41) is 3.01. The number of para-hydroxylation sites is 1. The molecule has 1 aliphatic heterocycles. The van der Waals surface area contributed by atoms with Gasteiger partial charge in [0.15, 0.2) is 0 Å². The van der Waals surface area contributed by atoms with Crippen LogP contribution in [0.4, 0.5) is 5.69 Å². The zero-order valence-corrected chi connectivity index (χ0v) is 13.4. The summed E-state index contributed by atoms with van der Waals surface area (Å²) < 4.78 is 5.14. The standard InChI is InChI=1S/C19H22N2O2/c1-23-16-10-8-15(9-11-16)14-20-19(22)17-6-2-3-7-18(17)21-12-4-5-13-21/h2-3,6-11H,4-5,12-14H2,1H3,(H,20,22). The molecule has 0 saturated carbocycles. The number of anilines is 1. The van der Waals surface area contributed by atoms with Crippen molar-refractivity contribution in [3.8, 4) is 5.75 Å². The maximum absolute atomic E-state index is 12.6. The van der Waals surface area contributed by atoms with Gasteiger partial charge in [0.1, 0.15) is 5.75 Å². The van der Waals surface area contributed by atoms with E-state index in [1.807, 2.05) is 48.5 Å². The van der Waals surface area contributed by atoms with Crippen LogP contribution in [0.1, 0.15) is 28.8 Å². The second-order valence-corrected chi connectivity index (χ2v) is 5.74. The highest BCUT2D eigenvalue weighted by atomic mass is 16.5. The van der Waals surface area contributed by atoms with Crippen LogP contribution in [-0.4, -0.2) is 26.1 Å². The van der Waals surface area contributed by atoms with Crippen molar-refractivity contribution in [3.05, 3.63) is 59.7 Å². The third-order valence-electron chi connectivity index (χ3n) is 4.21. The maximum Gasteiger partial charge on any atom is 0.253 e. The normalized spacial score (nSPS) is 13.9. The zero-order chi connectivity index (χ0) is 16.1. The lowest BCUT2D eigenvalue weighted by atomic mass is 10.1. The number of benzene rings is 2. The first-order chi connectivity index (χ1) is 11.3. The third-order valence-corrected chi connectivity index (χ3v) is 4.21. The molecule has 1 heterocycles. The van der Waals surface area contributed by atoms with Gasteiger partial charge in [-0.3, -0.25) is 4.79 Å². The van der Waals surface area contributed by atoms with E-state index < -0.39 is 0 Å². The van der Waals surface area contributed by atoms with E-state index in [-0.39, 0.29) is 5.91 Å². The Morgan fingerprint density at radius 2 is 1.78 bits per heavy atom. The molecule has 2 aromatic carbocycles. The highest BCUT2D eigenvalue weighted by molar-refractivity contribution is 5.99. The molecule has 23 heavy (non-hydrogen) atoms. The number of rotatable bonds is 5. The van der Waals surface area contributed by atoms with Crippen molar-refractivity contribution in [1.82, 2.24) is 5.32 Å². The first kappa shape index (κ1) is 15.4. The number of nitrogens with one attached hydrogen (secondary N) is 1. The van der Waals surface area contributed by atoms with Gasteiger partial charge < -0.3 is 15.0 Å². The minimum atomic E-state index is -0.0247. The molecule has 1 amide bonds. The second kappa shape index (κ2) is 7.18. The molecule has 1 saturated heterocycles. The Labute approximate surface area is 137 Å². The fourth-order valence-corrected chi connectivity index (χ4v) is 2.92. The molecular weight excluding hydrogens is 288 g/mol. The van der Waals surface area contributed by atoms with Crippen molar-refractivity contribution in [2.45, 2.75) is 19.4 Å². The van der Waals surface area contributed by atoms with E-state index in [1.165, 1.54) is 12.8 Å². The lowest BCUT2D eigenvalue weighted by Crippen LogP contribution is -2.27. The molecule has 1 aliphatic rings. The summed E-state index contributed by atoms with van der Waals surface area (Å²) in [6.07, 6.45) is 2.39. The Hall–Kier alpha value is -2.49. The number of hydrogen-bond donors (Lipinski definition) is 1. The van der Waals surface area contributed by atoms with Gasteiger partial charge in [-0.25, -0.2) is 0 Å². The predicted molar refractivity (Wildman–Crippen MR) is 92.1 cm³/mol. The van der Waals surface area contributed by atoms with Gasteiger partial charge in [0.25, 0.3) is 5.91 Å². The number of ether oxygens (including phenoxy) is 1. The quantitative estimate of drug-likeness (QED) is 0.922. The number of hydrogen-bond acceptors (Lipinski definition) is 3. The molecule has 0 atom stereocenters. The largest absolute Gasteiger partial charge is 0.497 e. The fourth-order valence-electron chi connectivity index (χ4n) is 2.92. The number of methoxy groups -OCH3 is 1. The van der Waals surface area contributed by atoms with Gasteiger partial charge in [-0.1, -0.05) is 24.3 Å². The minimum Gasteiger partial charge on any atom is -0.497 e. The number of carbonyl (C=O) groups is 1. The molecule has 3 rings (SSSR count). The van der Waals surface area contributed by atoms with Gasteiger partial charge in [-0.15, -0.1) is 0 Å². The SMILES string of the molecule is COc1ccc(CNC(=O)c2ccccc2N2CCCC2)cc1. The highest BCUT2D eigenvalue weighted by Crippen LogP contribution is 2.24. The molecule has 4 heteroatoms. The van der Waals surface area contributed by atoms with Gasteiger partial charge in [-0.2, -0.15) is 0 Å². The van der Waals surface area contributed by atoms with E-state index in [4.69, 9.17) is 4.74 Å². The monoisotopic (exact) mass is 310 g/mol. The van der Waals surface area contributed by atoms with Crippen LogP contribution in [0.5, 0.6) is 5.75 Å². The third kappa shape index (κ3) is 3.65. The summed E-state index contributed by atoms with van der Waals surface area (Å²) in [6, 6.07) is 15.6. The molecule has 2 aromatic rings. The summed E-state index contributed by atoms with van der Waals surface area (Å²) in [5.41, 5.74) is 2.85. The molecule has 0 radical (unpaired) electrons. The minimum absolute atomic E-state index is 0.0247. The van der Waals surface area contributed by atoms with Crippen LogP contribution in [0.15, 0.2) is 48.5 Å². The molecule has 1 fully saturated rings. The lowest BCUT2D eigenvalue weighted by molar-refractivity contribution is 0.0951. The van der Waals surface area contributed by atoms with Gasteiger partial charge in [-0.05, 0) is 42.7 Å². The molecule has 0 aliphatic carbocycles. The average Bonchev–Trinajstić information content (AvgIpc) is 3.14. The molecule has 1 N–H and O–H groups in total. The predicted octanol–water partition coefficient (Wildman–Crippen LogP) is 3.23. The Morgan fingerprint density at radius 1 is 1.09 bits per heavy atom. The lowest BCUT2D eigenvalue weighted by Gasteiger charge is -2.20. The Balaban J connectivity index is 1.68. The molecule has 0 bridgehead atoms. The van der Waals surface area contributed by atoms with Crippen molar-refractivity contribution in [2.75, 3.05) is 25.1 Å². The van der Waals surface area contributed by atoms with Crippen molar-refractivity contribution in [2.24, 2.45) is 0 Å². The van der Waals surface area contributed by atoms with Crippen molar-refractivity contribution >= 4 is 11.6 Å². The summed E-state index contributed by atoms with van der Waals surface area (Å²) in [7, 11) is 1.64. The second-order valence-electron chi connectivity index (χ2n) is 5.74. The first-order valence-corrected chi connectivity index (χ1v) is 8.03. The molecule has 0 spiro atoms. The van der Waals surface area contributed by atoms with Crippen LogP contribution in [0.25, 0.3) is 0 Å². The Kier molecular flexibility index (Phi) is 4.81. The van der Waals surface area contributed by atoms with Gasteiger partial charge in [0.05, 0.1) is 12.7 Å². The average molecular weight is 310 g/mol. The summed E-state index contributed by atoms with van der Waals surface area (Å²) in [4.78, 5) is 14.9. The number of amides is 1. The highest BCUT2D eigenvalue weighted by Gasteiger charge is 2.18. The number of carbonyl (C=O) groups excluding carboxylic acids is 1. The zero-order valence-electron chi connectivity index (χ0n) is 13.4. The molecule has 4 nitrogen and oxygen atoms in total. The van der Waals surface area contributed by atoms with Crippen LogP contribution < -0.4 is 15.0 Å². The summed E-state index contributed by atoms with van der Waals surface area (Å²) in [5.74, 6) is 0.794. The Bertz CT molecular complexity index is 661. The molecule has 0 aromatic heterocycles. The van der Waals surface area contributed by atoms with Gasteiger partial charge in [0.2, 0.25) is 0 Å². The molecule has 120 valence electrons. The summed E-state index contributed by atoms with van der Waals surface area (Å²) in [6.45, 7) is 2.57. The van der Waals surface area contributed by atoms with E-state index >= 15 is 0 Å². The Morgan fingerprint density at radius 3 is 2.48 bits per heavy atom. The van der Waals surface area contributed by atoms with Crippen molar-refractivity contribution < 1.29 is 9.53 Å². The van der Waals surface area contributed by atoms with E-state index in [2.05, 4.69) is 10.2 Å². The van der Waals surface area contributed by atoms with Gasteiger partial charge >= 0.3 is 0 Å². The van der Waals surface area contributed by atoms with Crippen molar-refractivity contribution in [1.29, 1.82) is 0 Å². The topological polar surface area (TPSA) is 41.6 Å². The van der Waals surface area contributed by atoms with E-state index in [0.29, 0.717) is 6.54 Å². The molecule has 0 unspecified atom stereocenters. The first-order valence-electron chi connectivity index (χ1n) is 8.03. The van der Waals surface area contributed by atoms with Crippen LogP contribution in [0.2, 0.25) is 0 Å². The van der Waals surface area contributed by atoms with Crippen molar-refractivity contribution in [3.63, 3.8) is 0 Å². The number of nitrogens with zero attached hydrogens (tertiary/aromatic N) is 1.